The van der Waals surface area contributed by atoms with Crippen molar-refractivity contribution in [3.05, 3.63) is 54.6 Å². The number of benzene rings is 1. The average Bonchev–Trinajstić information content (AvgIpc) is 3.52. The molecular formula is C22H24N6O5. The lowest BCUT2D eigenvalue weighted by atomic mass is 10.1. The number of amides is 2. The van der Waals surface area contributed by atoms with Crippen LogP contribution in [0.15, 0.2) is 49.1 Å². The zero-order valence-corrected chi connectivity index (χ0v) is 17.9. The van der Waals surface area contributed by atoms with Crippen LogP contribution in [0.2, 0.25) is 0 Å². The maximum atomic E-state index is 11.9. The molecule has 0 radical (unpaired) electrons. The summed E-state index contributed by atoms with van der Waals surface area (Å²) in [6.07, 6.45) is 3.94. The van der Waals surface area contributed by atoms with Crippen molar-refractivity contribution in [2.45, 2.75) is 37.8 Å². The Balaban J connectivity index is 1.39. The number of nitrogens with one attached hydrogen (secondary N) is 2. The Bertz CT molecular complexity index is 1150. The lowest BCUT2D eigenvalue weighted by molar-refractivity contribution is -0.133. The molecule has 2 saturated heterocycles. The molecule has 0 saturated carbocycles. The summed E-state index contributed by atoms with van der Waals surface area (Å²) in [6, 6.07) is 9.45. The van der Waals surface area contributed by atoms with Gasteiger partial charge in [0.05, 0.1) is 12.9 Å². The van der Waals surface area contributed by atoms with Crippen LogP contribution in [-0.2, 0) is 14.2 Å². The third-order valence-corrected chi connectivity index (χ3v) is 5.50. The number of rotatable bonds is 6. The van der Waals surface area contributed by atoms with Gasteiger partial charge in [0, 0.05) is 6.54 Å². The Kier molecular flexibility index (Phi) is 6.01. The van der Waals surface area contributed by atoms with Crippen LogP contribution >= 0.6 is 0 Å². The van der Waals surface area contributed by atoms with Crippen LogP contribution in [0.5, 0.6) is 0 Å². The smallest absolute Gasteiger partial charge is 0.320 e. The van der Waals surface area contributed by atoms with Crippen molar-refractivity contribution in [1.82, 2.24) is 24.8 Å². The van der Waals surface area contributed by atoms with Crippen molar-refractivity contribution in [3.8, 4) is 0 Å². The van der Waals surface area contributed by atoms with Crippen molar-refractivity contribution < 1.29 is 24.1 Å². The number of hydrogen-bond donors (Lipinski definition) is 3. The van der Waals surface area contributed by atoms with E-state index in [4.69, 9.17) is 14.2 Å². The average molecular weight is 452 g/mol. The first-order valence-corrected chi connectivity index (χ1v) is 10.7. The number of carbonyl (C=O) groups excluding carboxylic acids is 1. The summed E-state index contributed by atoms with van der Waals surface area (Å²) < 4.78 is 19.9. The van der Waals surface area contributed by atoms with E-state index in [1.54, 1.807) is 10.9 Å². The van der Waals surface area contributed by atoms with Crippen molar-refractivity contribution in [2.75, 3.05) is 18.5 Å². The maximum absolute atomic E-state index is 11.9. The number of aromatic nitrogens is 4. The minimum Gasteiger partial charge on any atom is -0.394 e. The van der Waals surface area contributed by atoms with E-state index >= 15 is 0 Å². The molecule has 11 nitrogen and oxygen atoms in total. The minimum atomic E-state index is -0.625. The molecule has 2 aromatic heterocycles. The number of nitrogens with zero attached hydrogens (tertiary/aromatic N) is 4. The van der Waals surface area contributed by atoms with Crippen LogP contribution < -0.4 is 10.6 Å². The van der Waals surface area contributed by atoms with E-state index in [1.807, 2.05) is 49.4 Å². The molecule has 2 unspecified atom stereocenters. The highest BCUT2D eigenvalue weighted by Gasteiger charge is 2.53. The molecule has 5 atom stereocenters. The Morgan fingerprint density at radius 3 is 2.76 bits per heavy atom. The zero-order chi connectivity index (χ0) is 22.8. The van der Waals surface area contributed by atoms with Crippen LogP contribution in [0.1, 0.15) is 18.7 Å². The largest absolute Gasteiger partial charge is 0.394 e. The second kappa shape index (κ2) is 9.24. The second-order valence-corrected chi connectivity index (χ2v) is 7.62. The Morgan fingerprint density at radius 2 is 1.97 bits per heavy atom. The normalized spacial score (nSPS) is 26.7. The number of carbonyl (C=O) groups is 1. The third kappa shape index (κ3) is 4.18. The summed E-state index contributed by atoms with van der Waals surface area (Å²) in [7, 11) is 0. The van der Waals surface area contributed by atoms with Gasteiger partial charge >= 0.3 is 6.03 Å². The number of hydrogen-bond acceptors (Lipinski definition) is 8. The summed E-state index contributed by atoms with van der Waals surface area (Å²) in [5, 5.41) is 15.2. The van der Waals surface area contributed by atoms with Gasteiger partial charge in [0.1, 0.15) is 24.6 Å². The van der Waals surface area contributed by atoms with Crippen LogP contribution in [0, 0.1) is 0 Å². The number of ether oxygens (including phenoxy) is 3. The highest BCUT2D eigenvalue weighted by molar-refractivity contribution is 5.95. The highest BCUT2D eigenvalue weighted by Crippen LogP contribution is 2.40. The third-order valence-electron chi connectivity index (χ3n) is 5.50. The van der Waals surface area contributed by atoms with Crippen LogP contribution in [0.25, 0.3) is 17.2 Å². The molecule has 3 aromatic rings. The SMILES string of the molecule is CCNC(=O)Nc1ncnc2c1ncn2[C@@H]1O[C@H](CO)[C@@H]2OC(/C=C/c3ccccc3)OC21. The van der Waals surface area contributed by atoms with Gasteiger partial charge in [-0.05, 0) is 18.6 Å². The number of aliphatic hydroxyl groups is 1. The molecule has 11 heteroatoms. The zero-order valence-electron chi connectivity index (χ0n) is 17.9. The summed E-state index contributed by atoms with van der Waals surface area (Å²) in [5.74, 6) is 0.283. The molecule has 2 aliphatic rings. The number of anilines is 1. The summed E-state index contributed by atoms with van der Waals surface area (Å²) >= 11 is 0. The molecule has 0 spiro atoms. The molecule has 3 N–H and O–H groups in total. The maximum Gasteiger partial charge on any atom is 0.320 e. The van der Waals surface area contributed by atoms with Gasteiger partial charge in [-0.3, -0.25) is 9.88 Å². The Labute approximate surface area is 189 Å². The van der Waals surface area contributed by atoms with Crippen LogP contribution in [0.3, 0.4) is 0 Å². The molecule has 2 amide bonds. The van der Waals surface area contributed by atoms with E-state index in [0.717, 1.165) is 5.56 Å². The number of imidazole rings is 1. The van der Waals surface area contributed by atoms with Crippen molar-refractivity contribution >= 4 is 29.1 Å². The predicted octanol–water partition coefficient (Wildman–Crippen LogP) is 1.68. The summed E-state index contributed by atoms with van der Waals surface area (Å²) in [6.45, 7) is 2.08. The fraction of sp³-hybridized carbons (Fsp3) is 0.364. The number of aliphatic hydroxyl groups excluding tert-OH is 1. The first-order valence-electron chi connectivity index (χ1n) is 10.7. The van der Waals surface area contributed by atoms with Gasteiger partial charge in [-0.1, -0.05) is 36.4 Å². The molecule has 2 aliphatic heterocycles. The molecule has 33 heavy (non-hydrogen) atoms. The molecule has 172 valence electrons. The van der Waals surface area contributed by atoms with Gasteiger partial charge in [0.2, 0.25) is 0 Å². The summed E-state index contributed by atoms with van der Waals surface area (Å²) in [4.78, 5) is 24.8. The van der Waals surface area contributed by atoms with E-state index in [1.165, 1.54) is 6.33 Å². The van der Waals surface area contributed by atoms with Gasteiger partial charge in [-0.2, -0.15) is 0 Å². The first kappa shape index (κ1) is 21.5. The van der Waals surface area contributed by atoms with Crippen molar-refractivity contribution in [3.63, 3.8) is 0 Å². The van der Waals surface area contributed by atoms with Gasteiger partial charge in [0.15, 0.2) is 29.5 Å². The van der Waals surface area contributed by atoms with Crippen molar-refractivity contribution in [1.29, 1.82) is 0 Å². The lowest BCUT2D eigenvalue weighted by Gasteiger charge is -2.19. The number of fused-ring (bicyclic) bond motifs is 2. The van der Waals surface area contributed by atoms with E-state index < -0.39 is 30.8 Å². The van der Waals surface area contributed by atoms with E-state index in [0.29, 0.717) is 17.7 Å². The van der Waals surface area contributed by atoms with Crippen LogP contribution in [0.4, 0.5) is 10.6 Å². The minimum absolute atomic E-state index is 0.220. The molecule has 4 heterocycles. The topological polar surface area (TPSA) is 133 Å². The second-order valence-electron chi connectivity index (χ2n) is 7.62. The van der Waals surface area contributed by atoms with E-state index in [9.17, 15) is 9.90 Å². The molecule has 1 aromatic carbocycles. The fourth-order valence-electron chi connectivity index (χ4n) is 4.02. The number of urea groups is 1. The monoisotopic (exact) mass is 452 g/mol. The predicted molar refractivity (Wildman–Crippen MR) is 118 cm³/mol. The summed E-state index contributed by atoms with van der Waals surface area (Å²) in [5.41, 5.74) is 1.90. The molecular weight excluding hydrogens is 428 g/mol. The van der Waals surface area contributed by atoms with Crippen LogP contribution in [-0.4, -0.2) is 68.4 Å². The molecule has 5 rings (SSSR count). The van der Waals surface area contributed by atoms with Crippen molar-refractivity contribution in [2.24, 2.45) is 0 Å². The molecule has 0 bridgehead atoms. The van der Waals surface area contributed by atoms with Gasteiger partial charge in [0.25, 0.3) is 0 Å². The van der Waals surface area contributed by atoms with Gasteiger partial charge in [-0.25, -0.2) is 19.7 Å². The van der Waals surface area contributed by atoms with E-state index in [-0.39, 0.29) is 18.5 Å². The van der Waals surface area contributed by atoms with Gasteiger partial charge in [-0.15, -0.1) is 0 Å². The molecule has 2 fully saturated rings. The lowest BCUT2D eigenvalue weighted by Crippen LogP contribution is -2.30. The fourth-order valence-corrected chi connectivity index (χ4v) is 4.02. The van der Waals surface area contributed by atoms with E-state index in [2.05, 4.69) is 25.6 Å². The first-order chi connectivity index (χ1) is 16.2. The Morgan fingerprint density at radius 1 is 1.15 bits per heavy atom. The standard InChI is InChI=1S/C22H24N6O5/c1-2-23-22(30)27-19-16-20(25-11-24-19)28(12-26-16)21-18-17(14(10-29)31-21)32-15(33-18)9-8-13-6-4-3-5-7-13/h3-9,11-12,14-15,17-18,21,29H,2,10H2,1H3,(H2,23,24,25,27,30)/b9-8+/t14-,15?,17+,18?,21-/m1/s1. The van der Waals surface area contributed by atoms with Gasteiger partial charge < -0.3 is 24.6 Å². The Hall–Kier alpha value is -3.38. The highest BCUT2D eigenvalue weighted by atomic mass is 16.8. The molecule has 0 aliphatic carbocycles. The quantitative estimate of drug-likeness (QED) is 0.515.